The van der Waals surface area contributed by atoms with Crippen molar-refractivity contribution in [3.05, 3.63) is 0 Å². The highest BCUT2D eigenvalue weighted by Crippen LogP contribution is 2.10. The van der Waals surface area contributed by atoms with E-state index < -0.39 is 0 Å². The monoisotopic (exact) mass is 199 g/mol. The number of Topliss-reactive ketones (excluding diaryl/α,β-unsaturated/α-hetero) is 1. The van der Waals surface area contributed by atoms with Gasteiger partial charge >= 0.3 is 0 Å². The first-order valence-corrected chi connectivity index (χ1v) is 5.76. The molecule has 2 nitrogen and oxygen atoms in total. The maximum atomic E-state index is 11.4. The zero-order valence-electron chi connectivity index (χ0n) is 9.94. The molecule has 2 N–H and O–H groups in total. The fraction of sp³-hybridized carbons (Fsp3) is 0.917. The van der Waals surface area contributed by atoms with Crippen LogP contribution in [0.4, 0.5) is 0 Å². The molecule has 14 heavy (non-hydrogen) atoms. The van der Waals surface area contributed by atoms with Gasteiger partial charge in [0, 0.05) is 18.4 Å². The van der Waals surface area contributed by atoms with E-state index in [0.29, 0.717) is 12.2 Å². The molecule has 0 saturated heterocycles. The number of carbonyl (C=O) groups excluding carboxylic acids is 1. The van der Waals surface area contributed by atoms with Crippen LogP contribution in [0.2, 0.25) is 0 Å². The first-order chi connectivity index (χ1) is 6.45. The molecule has 0 atom stereocenters. The minimum Gasteiger partial charge on any atom is -0.326 e. The molecule has 0 rings (SSSR count). The predicted molar refractivity (Wildman–Crippen MR) is 61.3 cm³/mol. The number of ketones is 1. The normalized spacial score (nSPS) is 11.7. The average molecular weight is 199 g/mol. The minimum atomic E-state index is -0.195. The Balaban J connectivity index is 3.38. The second-order valence-electron chi connectivity index (χ2n) is 4.84. The van der Waals surface area contributed by atoms with Crippen LogP contribution in [0.3, 0.4) is 0 Å². The Kier molecular flexibility index (Phi) is 6.81. The lowest BCUT2D eigenvalue weighted by molar-refractivity contribution is -0.119. The molecule has 0 saturated carbocycles. The number of rotatable bonds is 8. The lowest BCUT2D eigenvalue weighted by Crippen LogP contribution is -2.32. The largest absolute Gasteiger partial charge is 0.326 e. The van der Waals surface area contributed by atoms with Crippen molar-refractivity contribution in [2.45, 2.75) is 71.3 Å². The fourth-order valence-electron chi connectivity index (χ4n) is 1.34. The molecule has 2 heteroatoms. The van der Waals surface area contributed by atoms with Gasteiger partial charge in [0.05, 0.1) is 0 Å². The van der Waals surface area contributed by atoms with Gasteiger partial charge in [-0.3, -0.25) is 4.79 Å². The standard InChI is InChI=1S/C12H25NO/c1-4-5-6-7-8-11(14)9-10-12(2,3)13/h4-10,13H2,1-3H3. The molecule has 0 heterocycles. The zero-order valence-corrected chi connectivity index (χ0v) is 9.94. The number of nitrogens with two attached hydrogens (primary N) is 1. The Hall–Kier alpha value is -0.370. The van der Waals surface area contributed by atoms with E-state index in [1.165, 1.54) is 19.3 Å². The number of hydrogen-bond donors (Lipinski definition) is 1. The highest BCUT2D eigenvalue weighted by molar-refractivity contribution is 5.78. The summed E-state index contributed by atoms with van der Waals surface area (Å²) in [5, 5.41) is 0. The third-order valence-electron chi connectivity index (χ3n) is 2.36. The van der Waals surface area contributed by atoms with Crippen molar-refractivity contribution < 1.29 is 4.79 Å². The highest BCUT2D eigenvalue weighted by Gasteiger charge is 2.12. The Morgan fingerprint density at radius 2 is 1.79 bits per heavy atom. The third kappa shape index (κ3) is 9.72. The van der Waals surface area contributed by atoms with Crippen LogP contribution in [0.15, 0.2) is 0 Å². The van der Waals surface area contributed by atoms with Crippen LogP contribution in [-0.4, -0.2) is 11.3 Å². The summed E-state index contributed by atoms with van der Waals surface area (Å²) in [6, 6.07) is 0. The number of carbonyl (C=O) groups is 1. The van der Waals surface area contributed by atoms with Crippen molar-refractivity contribution in [2.24, 2.45) is 5.73 Å². The molecule has 0 amide bonds. The van der Waals surface area contributed by atoms with Crippen LogP contribution in [0, 0.1) is 0 Å². The second kappa shape index (κ2) is 6.99. The van der Waals surface area contributed by atoms with Crippen molar-refractivity contribution in [1.29, 1.82) is 0 Å². The average Bonchev–Trinajstić information content (AvgIpc) is 2.08. The van der Waals surface area contributed by atoms with E-state index in [1.807, 2.05) is 13.8 Å². The molecule has 84 valence electrons. The van der Waals surface area contributed by atoms with Gasteiger partial charge in [-0.2, -0.15) is 0 Å². The molecule has 0 bridgehead atoms. The molecular formula is C12H25NO. The van der Waals surface area contributed by atoms with E-state index in [9.17, 15) is 4.79 Å². The summed E-state index contributed by atoms with van der Waals surface area (Å²) in [6.07, 6.45) is 6.91. The molecule has 0 aliphatic heterocycles. The minimum absolute atomic E-state index is 0.195. The Morgan fingerprint density at radius 1 is 1.14 bits per heavy atom. The van der Waals surface area contributed by atoms with Gasteiger partial charge in [-0.05, 0) is 26.7 Å². The Bertz CT molecular complexity index is 158. The van der Waals surface area contributed by atoms with E-state index in [-0.39, 0.29) is 5.54 Å². The summed E-state index contributed by atoms with van der Waals surface area (Å²) in [7, 11) is 0. The van der Waals surface area contributed by atoms with Gasteiger partial charge < -0.3 is 5.73 Å². The molecule has 0 aromatic carbocycles. The molecular weight excluding hydrogens is 174 g/mol. The third-order valence-corrected chi connectivity index (χ3v) is 2.36. The molecule has 0 aliphatic carbocycles. The van der Waals surface area contributed by atoms with E-state index in [1.54, 1.807) is 0 Å². The van der Waals surface area contributed by atoms with Gasteiger partial charge in [0.15, 0.2) is 0 Å². The lowest BCUT2D eigenvalue weighted by atomic mass is 9.96. The van der Waals surface area contributed by atoms with Crippen molar-refractivity contribution in [1.82, 2.24) is 0 Å². The summed E-state index contributed by atoms with van der Waals surface area (Å²) < 4.78 is 0. The van der Waals surface area contributed by atoms with E-state index >= 15 is 0 Å². The predicted octanol–water partition coefficient (Wildman–Crippen LogP) is 3.04. The first kappa shape index (κ1) is 13.6. The summed E-state index contributed by atoms with van der Waals surface area (Å²) >= 11 is 0. The molecule has 0 aromatic heterocycles. The zero-order chi connectivity index (χ0) is 11.0. The van der Waals surface area contributed by atoms with Crippen LogP contribution < -0.4 is 5.73 Å². The Labute approximate surface area is 88.3 Å². The summed E-state index contributed by atoms with van der Waals surface area (Å²) in [5.74, 6) is 0.375. The summed E-state index contributed by atoms with van der Waals surface area (Å²) in [6.45, 7) is 6.12. The van der Waals surface area contributed by atoms with Gasteiger partial charge in [0.2, 0.25) is 0 Å². The highest BCUT2D eigenvalue weighted by atomic mass is 16.1. The fourth-order valence-corrected chi connectivity index (χ4v) is 1.34. The van der Waals surface area contributed by atoms with Crippen molar-refractivity contribution >= 4 is 5.78 Å². The first-order valence-electron chi connectivity index (χ1n) is 5.76. The lowest BCUT2D eigenvalue weighted by Gasteiger charge is -2.17. The van der Waals surface area contributed by atoms with Crippen molar-refractivity contribution in [2.75, 3.05) is 0 Å². The van der Waals surface area contributed by atoms with E-state index in [4.69, 9.17) is 5.73 Å². The Morgan fingerprint density at radius 3 is 2.29 bits per heavy atom. The van der Waals surface area contributed by atoms with Gasteiger partial charge in [-0.25, -0.2) is 0 Å². The van der Waals surface area contributed by atoms with E-state index in [0.717, 1.165) is 19.3 Å². The van der Waals surface area contributed by atoms with Crippen LogP contribution in [0.5, 0.6) is 0 Å². The van der Waals surface area contributed by atoms with Crippen LogP contribution in [0.25, 0.3) is 0 Å². The van der Waals surface area contributed by atoms with Gasteiger partial charge in [0.1, 0.15) is 5.78 Å². The van der Waals surface area contributed by atoms with Crippen LogP contribution in [-0.2, 0) is 4.79 Å². The summed E-state index contributed by atoms with van der Waals surface area (Å²) in [4.78, 5) is 11.4. The molecule has 0 aliphatic rings. The van der Waals surface area contributed by atoms with Gasteiger partial charge in [-0.1, -0.05) is 26.2 Å². The molecule has 0 unspecified atom stereocenters. The SMILES string of the molecule is CCCCCCC(=O)CCC(C)(C)N. The maximum absolute atomic E-state index is 11.4. The quantitative estimate of drug-likeness (QED) is 0.611. The molecule has 0 aromatic rings. The summed E-state index contributed by atoms with van der Waals surface area (Å²) in [5.41, 5.74) is 5.61. The van der Waals surface area contributed by atoms with Crippen molar-refractivity contribution in [3.63, 3.8) is 0 Å². The molecule has 0 fully saturated rings. The number of hydrogen-bond acceptors (Lipinski definition) is 2. The van der Waals surface area contributed by atoms with Gasteiger partial charge in [-0.15, -0.1) is 0 Å². The molecule has 0 radical (unpaired) electrons. The maximum Gasteiger partial charge on any atom is 0.132 e. The molecule has 0 spiro atoms. The van der Waals surface area contributed by atoms with Crippen LogP contribution >= 0.6 is 0 Å². The van der Waals surface area contributed by atoms with Crippen LogP contribution in [0.1, 0.15) is 65.7 Å². The number of unbranched alkanes of at least 4 members (excludes halogenated alkanes) is 3. The van der Waals surface area contributed by atoms with Crippen molar-refractivity contribution in [3.8, 4) is 0 Å². The van der Waals surface area contributed by atoms with Gasteiger partial charge in [0.25, 0.3) is 0 Å². The smallest absolute Gasteiger partial charge is 0.132 e. The van der Waals surface area contributed by atoms with E-state index in [2.05, 4.69) is 6.92 Å². The topological polar surface area (TPSA) is 43.1 Å². The second-order valence-corrected chi connectivity index (χ2v) is 4.84.